The zero-order valence-electron chi connectivity index (χ0n) is 8.53. The topological polar surface area (TPSA) is 57.8 Å². The summed E-state index contributed by atoms with van der Waals surface area (Å²) in [5.74, 6) is 0.594. The van der Waals surface area contributed by atoms with Gasteiger partial charge in [0.15, 0.2) is 0 Å². The number of aromatic amines is 1. The van der Waals surface area contributed by atoms with Crippen LogP contribution in [0.5, 0.6) is 0 Å². The minimum atomic E-state index is -0.150. The van der Waals surface area contributed by atoms with Gasteiger partial charge in [-0.3, -0.25) is 4.79 Å². The fourth-order valence-electron chi connectivity index (χ4n) is 1.29. The number of nitrogens with zero attached hydrogens (tertiary/aromatic N) is 1. The third-order valence-electron chi connectivity index (χ3n) is 2.07. The summed E-state index contributed by atoms with van der Waals surface area (Å²) < 4.78 is 0.607. The highest BCUT2D eigenvalue weighted by Gasteiger charge is 2.14. The van der Waals surface area contributed by atoms with Gasteiger partial charge >= 0.3 is 0 Å². The summed E-state index contributed by atoms with van der Waals surface area (Å²) in [5.41, 5.74) is 0. The molecular weight excluding hydrogens is 246 g/mol. The molecule has 0 aromatic carbocycles. The van der Waals surface area contributed by atoms with E-state index in [0.717, 1.165) is 5.82 Å². The van der Waals surface area contributed by atoms with Crippen LogP contribution in [0.1, 0.15) is 28.5 Å². The summed E-state index contributed by atoms with van der Waals surface area (Å²) in [6.45, 7) is 1.87. The lowest BCUT2D eigenvalue weighted by Gasteiger charge is -2.09. The van der Waals surface area contributed by atoms with E-state index in [-0.39, 0.29) is 11.9 Å². The van der Waals surface area contributed by atoms with Gasteiger partial charge in [0.2, 0.25) is 0 Å². The van der Waals surface area contributed by atoms with Crippen molar-refractivity contribution < 1.29 is 4.79 Å². The van der Waals surface area contributed by atoms with Crippen LogP contribution in [-0.2, 0) is 0 Å². The fraction of sp³-hybridized carbons (Fsp3) is 0.200. The normalized spacial score (nSPS) is 12.4. The molecule has 84 valence electrons. The first-order chi connectivity index (χ1) is 7.66. The van der Waals surface area contributed by atoms with Gasteiger partial charge in [0, 0.05) is 12.4 Å². The SMILES string of the molecule is CC(NC(=O)c1ccc(Cl)s1)c1ncc[nH]1. The number of halogens is 1. The number of amides is 1. The van der Waals surface area contributed by atoms with Gasteiger partial charge in [-0.1, -0.05) is 11.6 Å². The second kappa shape index (κ2) is 4.67. The van der Waals surface area contributed by atoms with Crippen LogP contribution in [0, 0.1) is 0 Å². The molecular formula is C10H10ClN3OS. The first-order valence-corrected chi connectivity index (χ1v) is 5.92. The van der Waals surface area contributed by atoms with Crippen molar-refractivity contribution in [1.82, 2.24) is 15.3 Å². The molecule has 0 bridgehead atoms. The average Bonchev–Trinajstić information content (AvgIpc) is 2.87. The highest BCUT2D eigenvalue weighted by atomic mass is 35.5. The van der Waals surface area contributed by atoms with Crippen molar-refractivity contribution in [2.24, 2.45) is 0 Å². The summed E-state index contributed by atoms with van der Waals surface area (Å²) in [4.78, 5) is 19.4. The van der Waals surface area contributed by atoms with Crippen molar-refractivity contribution in [1.29, 1.82) is 0 Å². The smallest absolute Gasteiger partial charge is 0.261 e. The van der Waals surface area contributed by atoms with Crippen LogP contribution in [0.25, 0.3) is 0 Å². The molecule has 6 heteroatoms. The van der Waals surface area contributed by atoms with Crippen LogP contribution in [0.3, 0.4) is 0 Å². The molecule has 0 aliphatic heterocycles. The van der Waals surface area contributed by atoms with Gasteiger partial charge < -0.3 is 10.3 Å². The van der Waals surface area contributed by atoms with Gasteiger partial charge in [-0.2, -0.15) is 0 Å². The van der Waals surface area contributed by atoms with Crippen molar-refractivity contribution in [2.45, 2.75) is 13.0 Å². The molecule has 4 nitrogen and oxygen atoms in total. The molecule has 1 unspecified atom stereocenters. The minimum Gasteiger partial charge on any atom is -0.347 e. The zero-order chi connectivity index (χ0) is 11.5. The monoisotopic (exact) mass is 255 g/mol. The quantitative estimate of drug-likeness (QED) is 0.886. The van der Waals surface area contributed by atoms with E-state index in [1.165, 1.54) is 11.3 Å². The number of carbonyl (C=O) groups excluding carboxylic acids is 1. The van der Waals surface area contributed by atoms with Crippen LogP contribution in [-0.4, -0.2) is 15.9 Å². The Hall–Kier alpha value is -1.33. The van der Waals surface area contributed by atoms with E-state index in [9.17, 15) is 4.79 Å². The maximum absolute atomic E-state index is 11.8. The summed E-state index contributed by atoms with van der Waals surface area (Å²) in [6.07, 6.45) is 3.37. The van der Waals surface area contributed by atoms with Gasteiger partial charge in [0.1, 0.15) is 5.82 Å². The molecule has 16 heavy (non-hydrogen) atoms. The lowest BCUT2D eigenvalue weighted by atomic mass is 10.3. The molecule has 1 atom stereocenters. The number of H-pyrrole nitrogens is 1. The highest BCUT2D eigenvalue weighted by Crippen LogP contribution is 2.21. The Kier molecular flexibility index (Phi) is 3.26. The Labute approximate surface area is 102 Å². The molecule has 2 heterocycles. The first-order valence-electron chi connectivity index (χ1n) is 4.72. The maximum atomic E-state index is 11.8. The van der Waals surface area contributed by atoms with Crippen LogP contribution >= 0.6 is 22.9 Å². The van der Waals surface area contributed by atoms with E-state index in [1.54, 1.807) is 24.5 Å². The van der Waals surface area contributed by atoms with Crippen LogP contribution in [0.4, 0.5) is 0 Å². The molecule has 1 amide bonds. The fourth-order valence-corrected chi connectivity index (χ4v) is 2.23. The molecule has 2 N–H and O–H groups in total. The molecule has 2 aromatic heterocycles. The Balaban J connectivity index is 2.03. The molecule has 2 rings (SSSR count). The van der Waals surface area contributed by atoms with Crippen molar-refractivity contribution in [2.75, 3.05) is 0 Å². The Morgan fingerprint density at radius 3 is 3.00 bits per heavy atom. The predicted octanol–water partition coefficient (Wildman–Crippen LogP) is 2.62. The number of rotatable bonds is 3. The van der Waals surface area contributed by atoms with Gasteiger partial charge in [-0.25, -0.2) is 4.98 Å². The third-order valence-corrected chi connectivity index (χ3v) is 3.30. The Morgan fingerprint density at radius 1 is 1.62 bits per heavy atom. The van der Waals surface area contributed by atoms with Gasteiger partial charge in [0.25, 0.3) is 5.91 Å². The number of nitrogens with one attached hydrogen (secondary N) is 2. The standard InChI is InChI=1S/C10H10ClN3OS/c1-6(9-12-4-5-13-9)14-10(15)7-2-3-8(11)16-7/h2-6H,1H3,(H,12,13)(H,14,15). The largest absolute Gasteiger partial charge is 0.347 e. The van der Waals surface area contributed by atoms with Crippen LogP contribution in [0.15, 0.2) is 24.5 Å². The number of hydrogen-bond acceptors (Lipinski definition) is 3. The third kappa shape index (κ3) is 2.43. The van der Waals surface area contributed by atoms with E-state index >= 15 is 0 Å². The van der Waals surface area contributed by atoms with Gasteiger partial charge in [-0.05, 0) is 19.1 Å². The summed E-state index contributed by atoms with van der Waals surface area (Å²) in [7, 11) is 0. The highest BCUT2D eigenvalue weighted by molar-refractivity contribution is 7.17. The first kappa shape index (κ1) is 11.2. The molecule has 0 saturated heterocycles. The van der Waals surface area contributed by atoms with Crippen molar-refractivity contribution in [3.05, 3.63) is 39.6 Å². The van der Waals surface area contributed by atoms with Gasteiger partial charge in [0.05, 0.1) is 15.3 Å². The molecule has 0 radical (unpaired) electrons. The number of carbonyl (C=O) groups is 1. The molecule has 0 spiro atoms. The summed E-state index contributed by atoms with van der Waals surface area (Å²) in [6, 6.07) is 3.26. The second-order valence-electron chi connectivity index (χ2n) is 3.27. The van der Waals surface area contributed by atoms with Crippen LogP contribution < -0.4 is 5.32 Å². The van der Waals surface area contributed by atoms with E-state index in [0.29, 0.717) is 9.21 Å². The molecule has 0 aliphatic carbocycles. The van der Waals surface area contributed by atoms with Crippen molar-refractivity contribution >= 4 is 28.8 Å². The number of imidazole rings is 1. The predicted molar refractivity (Wildman–Crippen MR) is 63.8 cm³/mol. The maximum Gasteiger partial charge on any atom is 0.261 e. The van der Waals surface area contributed by atoms with E-state index in [1.807, 2.05) is 6.92 Å². The van der Waals surface area contributed by atoms with Crippen LogP contribution in [0.2, 0.25) is 4.34 Å². The lowest BCUT2D eigenvalue weighted by molar-refractivity contribution is 0.0942. The lowest BCUT2D eigenvalue weighted by Crippen LogP contribution is -2.26. The van der Waals surface area contributed by atoms with Crippen molar-refractivity contribution in [3.63, 3.8) is 0 Å². The van der Waals surface area contributed by atoms with E-state index in [4.69, 9.17) is 11.6 Å². The molecule has 0 saturated carbocycles. The zero-order valence-corrected chi connectivity index (χ0v) is 10.1. The molecule has 2 aromatic rings. The molecule has 0 fully saturated rings. The number of thiophene rings is 1. The minimum absolute atomic E-state index is 0.138. The summed E-state index contributed by atoms with van der Waals surface area (Å²) in [5, 5.41) is 2.83. The summed E-state index contributed by atoms with van der Waals surface area (Å²) >= 11 is 7.02. The number of aromatic nitrogens is 2. The molecule has 0 aliphatic rings. The van der Waals surface area contributed by atoms with E-state index in [2.05, 4.69) is 15.3 Å². The Bertz CT molecular complexity index is 480. The van der Waals surface area contributed by atoms with E-state index < -0.39 is 0 Å². The van der Waals surface area contributed by atoms with Crippen molar-refractivity contribution in [3.8, 4) is 0 Å². The van der Waals surface area contributed by atoms with Gasteiger partial charge in [-0.15, -0.1) is 11.3 Å². The number of hydrogen-bond donors (Lipinski definition) is 2. The average molecular weight is 256 g/mol. The Morgan fingerprint density at radius 2 is 2.44 bits per heavy atom. The second-order valence-corrected chi connectivity index (χ2v) is 4.99.